The number of hydrogen-bond donors (Lipinski definition) is 0. The van der Waals surface area contributed by atoms with Crippen LogP contribution in [0.15, 0.2) is 75.3 Å². The number of hydrogen-bond acceptors (Lipinski definition) is 9. The molecule has 0 bridgehead atoms. The van der Waals surface area contributed by atoms with Crippen LogP contribution in [0.3, 0.4) is 0 Å². The van der Waals surface area contributed by atoms with E-state index in [1.807, 2.05) is 30.3 Å². The van der Waals surface area contributed by atoms with Gasteiger partial charge in [0.2, 0.25) is 11.7 Å². The van der Waals surface area contributed by atoms with Crippen molar-refractivity contribution < 1.29 is 14.0 Å². The van der Waals surface area contributed by atoms with Gasteiger partial charge in [-0.25, -0.2) is 18.9 Å². The molecule has 0 spiro atoms. The van der Waals surface area contributed by atoms with Gasteiger partial charge in [-0.1, -0.05) is 53.3 Å². The van der Waals surface area contributed by atoms with Crippen LogP contribution >= 0.6 is 11.8 Å². The fourth-order valence-electron chi connectivity index (χ4n) is 3.48. The Bertz CT molecular complexity index is 1490. The highest BCUT2D eigenvalue weighted by Gasteiger charge is 2.19. The van der Waals surface area contributed by atoms with Gasteiger partial charge in [0.25, 0.3) is 0 Å². The van der Waals surface area contributed by atoms with Gasteiger partial charge in [0, 0.05) is 18.1 Å². The fraction of sp³-hybridized carbons (Fsp3) is 0.174. The predicted molar refractivity (Wildman–Crippen MR) is 125 cm³/mol. The van der Waals surface area contributed by atoms with Crippen LogP contribution < -0.4 is 15.2 Å². The molecule has 5 rings (SSSR count). The normalized spacial score (nSPS) is 11.1. The van der Waals surface area contributed by atoms with Crippen LogP contribution in [-0.2, 0) is 12.3 Å². The van der Waals surface area contributed by atoms with E-state index < -0.39 is 0 Å². The number of para-hydroxylation sites is 1. The lowest BCUT2D eigenvalue weighted by atomic mass is 10.1. The molecule has 0 radical (unpaired) electrons. The number of aromatic nitrogens is 6. The van der Waals surface area contributed by atoms with E-state index >= 15 is 0 Å². The number of thioether (sulfide) groups is 1. The van der Waals surface area contributed by atoms with Crippen molar-refractivity contribution in [2.24, 2.45) is 0 Å². The van der Waals surface area contributed by atoms with Gasteiger partial charge in [-0.3, -0.25) is 0 Å². The molecular weight excluding hydrogens is 456 g/mol. The highest BCUT2D eigenvalue weighted by molar-refractivity contribution is 7.98. The van der Waals surface area contributed by atoms with Crippen LogP contribution in [0.1, 0.15) is 11.5 Å². The SMILES string of the molecule is COc1cccc(-c2noc(Cn3nc4c(SCc5ccccc5)nccn4c3=O)n2)c1OC. The Balaban J connectivity index is 1.42. The topological polar surface area (TPSA) is 110 Å². The van der Waals surface area contributed by atoms with Gasteiger partial charge >= 0.3 is 5.69 Å². The van der Waals surface area contributed by atoms with Gasteiger partial charge in [0.15, 0.2) is 17.1 Å². The van der Waals surface area contributed by atoms with Gasteiger partial charge in [-0.2, -0.15) is 4.98 Å². The predicted octanol–water partition coefficient (Wildman–Crippen LogP) is 3.30. The van der Waals surface area contributed by atoms with E-state index in [2.05, 4.69) is 20.2 Å². The maximum Gasteiger partial charge on any atom is 0.350 e. The molecule has 3 heterocycles. The second-order valence-electron chi connectivity index (χ2n) is 7.19. The van der Waals surface area contributed by atoms with Crippen molar-refractivity contribution in [3.8, 4) is 22.9 Å². The minimum Gasteiger partial charge on any atom is -0.493 e. The molecular formula is C23H20N6O4S. The smallest absolute Gasteiger partial charge is 0.350 e. The molecule has 11 heteroatoms. The van der Waals surface area contributed by atoms with Crippen molar-refractivity contribution >= 4 is 17.4 Å². The molecule has 0 fully saturated rings. The van der Waals surface area contributed by atoms with E-state index in [0.29, 0.717) is 39.3 Å². The quantitative estimate of drug-likeness (QED) is 0.312. The maximum atomic E-state index is 12.9. The molecule has 0 aliphatic rings. The molecule has 0 N–H and O–H groups in total. The largest absolute Gasteiger partial charge is 0.493 e. The highest BCUT2D eigenvalue weighted by Crippen LogP contribution is 2.36. The van der Waals surface area contributed by atoms with Crippen molar-refractivity contribution in [3.05, 3.63) is 82.9 Å². The summed E-state index contributed by atoms with van der Waals surface area (Å²) < 4.78 is 18.9. The van der Waals surface area contributed by atoms with E-state index in [9.17, 15) is 4.79 Å². The van der Waals surface area contributed by atoms with Crippen LogP contribution in [0.4, 0.5) is 0 Å². The molecule has 10 nitrogen and oxygen atoms in total. The molecule has 0 aliphatic carbocycles. The molecule has 0 amide bonds. The second kappa shape index (κ2) is 9.40. The Kier molecular flexibility index (Phi) is 6.00. The van der Waals surface area contributed by atoms with E-state index in [1.165, 1.54) is 20.8 Å². The summed E-state index contributed by atoms with van der Waals surface area (Å²) in [4.78, 5) is 21.8. The number of benzene rings is 2. The average Bonchev–Trinajstić information content (AvgIpc) is 3.47. The van der Waals surface area contributed by atoms with Crippen LogP contribution in [0.25, 0.3) is 17.0 Å². The standard InChI is InChI=1S/C23H20N6O4S/c1-31-17-10-6-9-16(19(17)32-2)20-25-18(33-27-20)13-29-23(30)28-12-11-24-22(21(28)26-29)34-14-15-7-4-3-5-8-15/h3-12H,13-14H2,1-2H3. The average molecular weight is 477 g/mol. The molecule has 0 saturated carbocycles. The Hall–Kier alpha value is -4.12. The molecule has 172 valence electrons. The molecule has 34 heavy (non-hydrogen) atoms. The lowest BCUT2D eigenvalue weighted by Crippen LogP contribution is -2.21. The molecule has 0 saturated heterocycles. The third kappa shape index (κ3) is 4.13. The first-order valence-corrected chi connectivity index (χ1v) is 11.3. The van der Waals surface area contributed by atoms with Crippen molar-refractivity contribution in [2.45, 2.75) is 17.3 Å². The summed E-state index contributed by atoms with van der Waals surface area (Å²) >= 11 is 1.52. The number of nitrogens with zero attached hydrogens (tertiary/aromatic N) is 6. The van der Waals surface area contributed by atoms with Gasteiger partial charge in [0.1, 0.15) is 11.6 Å². The number of methoxy groups -OCH3 is 2. The van der Waals surface area contributed by atoms with Crippen LogP contribution in [-0.4, -0.2) is 43.5 Å². The Morgan fingerprint density at radius 2 is 1.91 bits per heavy atom. The summed E-state index contributed by atoms with van der Waals surface area (Å²) in [6, 6.07) is 15.4. The van der Waals surface area contributed by atoms with Gasteiger partial charge < -0.3 is 14.0 Å². The van der Waals surface area contributed by atoms with E-state index in [1.54, 1.807) is 44.8 Å². The summed E-state index contributed by atoms with van der Waals surface area (Å²) in [7, 11) is 3.10. The van der Waals surface area contributed by atoms with Crippen LogP contribution in [0.2, 0.25) is 0 Å². The first kappa shape index (κ1) is 21.7. The van der Waals surface area contributed by atoms with Crippen LogP contribution in [0.5, 0.6) is 11.5 Å². The number of ether oxygens (including phenoxy) is 2. The maximum absolute atomic E-state index is 12.9. The van der Waals surface area contributed by atoms with Crippen molar-refractivity contribution in [3.63, 3.8) is 0 Å². The minimum atomic E-state index is -0.322. The van der Waals surface area contributed by atoms with E-state index in [0.717, 1.165) is 5.56 Å². The molecule has 0 aliphatic heterocycles. The monoisotopic (exact) mass is 476 g/mol. The van der Waals surface area contributed by atoms with E-state index in [4.69, 9.17) is 14.0 Å². The first-order chi connectivity index (χ1) is 16.7. The third-order valence-electron chi connectivity index (χ3n) is 5.08. The Labute approximate surface area is 198 Å². The lowest BCUT2D eigenvalue weighted by Gasteiger charge is -2.09. The summed E-state index contributed by atoms with van der Waals surface area (Å²) in [5.74, 6) is 2.31. The highest BCUT2D eigenvalue weighted by atomic mass is 32.2. The zero-order chi connectivity index (χ0) is 23.5. The zero-order valence-corrected chi connectivity index (χ0v) is 19.2. The molecule has 0 atom stereocenters. The number of fused-ring (bicyclic) bond motifs is 1. The Morgan fingerprint density at radius 1 is 1.06 bits per heavy atom. The minimum absolute atomic E-state index is 0.0165. The van der Waals surface area contributed by atoms with Crippen LogP contribution in [0, 0.1) is 0 Å². The molecule has 0 unspecified atom stereocenters. The summed E-state index contributed by atoms with van der Waals surface area (Å²) in [5, 5.41) is 9.18. The lowest BCUT2D eigenvalue weighted by molar-refractivity contribution is 0.354. The summed E-state index contributed by atoms with van der Waals surface area (Å²) in [5.41, 5.74) is 1.92. The van der Waals surface area contributed by atoms with Gasteiger partial charge in [-0.05, 0) is 17.7 Å². The number of rotatable bonds is 8. The zero-order valence-electron chi connectivity index (χ0n) is 18.4. The van der Waals surface area contributed by atoms with E-state index in [-0.39, 0.29) is 18.1 Å². The first-order valence-electron chi connectivity index (χ1n) is 10.3. The molecule has 2 aromatic carbocycles. The Morgan fingerprint density at radius 3 is 2.71 bits per heavy atom. The van der Waals surface area contributed by atoms with Crippen molar-refractivity contribution in [1.29, 1.82) is 0 Å². The third-order valence-corrected chi connectivity index (χ3v) is 6.12. The van der Waals surface area contributed by atoms with Crippen molar-refractivity contribution in [1.82, 2.24) is 29.3 Å². The van der Waals surface area contributed by atoms with Gasteiger partial charge in [0.05, 0.1) is 19.8 Å². The summed E-state index contributed by atoms with van der Waals surface area (Å²) in [6.45, 7) is 0.0165. The molecule has 3 aromatic heterocycles. The fourth-order valence-corrected chi connectivity index (χ4v) is 4.38. The van der Waals surface area contributed by atoms with Gasteiger partial charge in [-0.15, -0.1) is 5.10 Å². The molecule has 5 aromatic rings. The second-order valence-corrected chi connectivity index (χ2v) is 8.16. The van der Waals surface area contributed by atoms with Crippen molar-refractivity contribution in [2.75, 3.05) is 14.2 Å². The summed E-state index contributed by atoms with van der Waals surface area (Å²) in [6.07, 6.45) is 3.18.